The molecule has 0 atom stereocenters. The lowest BCUT2D eigenvalue weighted by molar-refractivity contribution is -0.145. The number of hydrogen-bond donors (Lipinski definition) is 0. The summed E-state index contributed by atoms with van der Waals surface area (Å²) in [4.78, 5) is 28.5. The van der Waals surface area contributed by atoms with Crippen molar-refractivity contribution in [2.45, 2.75) is 13.2 Å². The Labute approximate surface area is 159 Å². The average Bonchev–Trinajstić information content (AvgIpc) is 2.66. The number of nitrogens with zero attached hydrogens (tertiary/aromatic N) is 2. The summed E-state index contributed by atoms with van der Waals surface area (Å²) >= 11 is 12.0. The molecule has 0 amide bonds. The van der Waals surface area contributed by atoms with E-state index in [1.807, 2.05) is 36.4 Å². The number of ether oxygens (including phenoxy) is 1. The van der Waals surface area contributed by atoms with Crippen molar-refractivity contribution in [2.75, 3.05) is 0 Å². The molecule has 0 bridgehead atoms. The fourth-order valence-corrected chi connectivity index (χ4v) is 2.97. The molecule has 0 aliphatic rings. The molecule has 132 valence electrons. The minimum absolute atomic E-state index is 0.0386. The summed E-state index contributed by atoms with van der Waals surface area (Å²) in [6, 6.07) is 18.2. The summed E-state index contributed by atoms with van der Waals surface area (Å²) in [5, 5.41) is -0.262. The van der Waals surface area contributed by atoms with Gasteiger partial charge in [0.15, 0.2) is 10.3 Å². The Hall–Kier alpha value is -2.63. The number of esters is 1. The highest BCUT2D eigenvalue weighted by molar-refractivity contribution is 6.33. The van der Waals surface area contributed by atoms with Gasteiger partial charge >= 0.3 is 5.97 Å². The number of hydrogen-bond acceptors (Lipinski definition) is 4. The molecule has 0 radical (unpaired) electrons. The highest BCUT2D eigenvalue weighted by Gasteiger charge is 2.18. The Morgan fingerprint density at radius 1 is 0.962 bits per heavy atom. The van der Waals surface area contributed by atoms with E-state index < -0.39 is 11.5 Å². The number of benzene rings is 2. The van der Waals surface area contributed by atoms with Crippen LogP contribution in [0, 0.1) is 0 Å². The molecular formula is C19H14Cl2N2O3. The smallest absolute Gasteiger partial charge is 0.326 e. The van der Waals surface area contributed by atoms with Gasteiger partial charge in [-0.05, 0) is 5.56 Å². The summed E-state index contributed by atoms with van der Waals surface area (Å²) in [7, 11) is 0. The van der Waals surface area contributed by atoms with Crippen molar-refractivity contribution in [2.24, 2.45) is 0 Å². The Bertz CT molecular complexity index is 973. The minimum atomic E-state index is -0.605. The van der Waals surface area contributed by atoms with E-state index in [1.54, 1.807) is 24.3 Å². The molecule has 0 aliphatic carbocycles. The lowest BCUT2D eigenvalue weighted by Gasteiger charge is -2.14. The van der Waals surface area contributed by atoms with Gasteiger partial charge in [0.25, 0.3) is 5.56 Å². The normalized spacial score (nSPS) is 10.5. The van der Waals surface area contributed by atoms with Crippen LogP contribution in [0.2, 0.25) is 10.3 Å². The molecule has 3 rings (SSSR count). The van der Waals surface area contributed by atoms with Gasteiger partial charge in [-0.1, -0.05) is 83.9 Å². The third kappa shape index (κ3) is 4.12. The number of carbonyl (C=O) groups excluding carboxylic acids is 1. The predicted octanol–water partition coefficient (Wildman–Crippen LogP) is 3.96. The molecule has 0 fully saturated rings. The Balaban J connectivity index is 1.89. The van der Waals surface area contributed by atoms with Crippen LogP contribution in [-0.4, -0.2) is 15.5 Å². The maximum atomic E-state index is 12.4. The van der Waals surface area contributed by atoms with Crippen LogP contribution < -0.4 is 5.56 Å². The molecular weight excluding hydrogens is 375 g/mol. The molecule has 7 heteroatoms. The standard InChI is InChI=1S/C19H14Cl2N2O3/c20-17-16(14-9-5-2-6-10-14)23(19(25)18(21)22-17)11-15(24)26-12-13-7-3-1-4-8-13/h1-10H,11-12H2. The van der Waals surface area contributed by atoms with Crippen LogP contribution in [0.15, 0.2) is 65.5 Å². The van der Waals surface area contributed by atoms with E-state index in [-0.39, 0.29) is 23.5 Å². The van der Waals surface area contributed by atoms with Crippen LogP contribution in [0.1, 0.15) is 5.56 Å². The van der Waals surface area contributed by atoms with Crippen molar-refractivity contribution >= 4 is 29.2 Å². The summed E-state index contributed by atoms with van der Waals surface area (Å²) in [5.41, 5.74) is 1.21. The molecule has 2 aromatic carbocycles. The minimum Gasteiger partial charge on any atom is -0.459 e. The van der Waals surface area contributed by atoms with Crippen LogP contribution in [0.4, 0.5) is 0 Å². The lowest BCUT2D eigenvalue weighted by atomic mass is 10.1. The molecule has 0 spiro atoms. The second-order valence-electron chi connectivity index (χ2n) is 5.45. The van der Waals surface area contributed by atoms with Crippen LogP contribution in [0.25, 0.3) is 11.3 Å². The van der Waals surface area contributed by atoms with Gasteiger partial charge in [-0.2, -0.15) is 0 Å². The van der Waals surface area contributed by atoms with Gasteiger partial charge in [-0.3, -0.25) is 14.2 Å². The highest BCUT2D eigenvalue weighted by atomic mass is 35.5. The van der Waals surface area contributed by atoms with Gasteiger partial charge < -0.3 is 4.74 Å². The van der Waals surface area contributed by atoms with Crippen LogP contribution in [0.3, 0.4) is 0 Å². The van der Waals surface area contributed by atoms with Crippen molar-refractivity contribution in [1.29, 1.82) is 0 Å². The Kier molecular flexibility index (Phi) is 5.71. The number of aromatic nitrogens is 2. The van der Waals surface area contributed by atoms with Crippen molar-refractivity contribution in [3.63, 3.8) is 0 Å². The molecule has 0 saturated carbocycles. The third-order valence-corrected chi connectivity index (χ3v) is 4.17. The van der Waals surface area contributed by atoms with Gasteiger partial charge in [-0.15, -0.1) is 0 Å². The molecule has 3 aromatic rings. The van der Waals surface area contributed by atoms with Crippen molar-refractivity contribution in [1.82, 2.24) is 9.55 Å². The van der Waals surface area contributed by atoms with Crippen molar-refractivity contribution < 1.29 is 9.53 Å². The Morgan fingerprint density at radius 3 is 2.23 bits per heavy atom. The maximum Gasteiger partial charge on any atom is 0.326 e. The van der Waals surface area contributed by atoms with E-state index in [4.69, 9.17) is 27.9 Å². The van der Waals surface area contributed by atoms with Crippen LogP contribution >= 0.6 is 23.2 Å². The van der Waals surface area contributed by atoms with Gasteiger partial charge in [0, 0.05) is 5.56 Å². The summed E-state index contributed by atoms with van der Waals surface area (Å²) in [5.74, 6) is -0.577. The zero-order valence-corrected chi connectivity index (χ0v) is 15.1. The number of halogens is 2. The molecule has 5 nitrogen and oxygen atoms in total. The van der Waals surface area contributed by atoms with E-state index in [0.29, 0.717) is 11.3 Å². The number of rotatable bonds is 5. The zero-order valence-electron chi connectivity index (χ0n) is 13.6. The first kappa shape index (κ1) is 18.2. The molecule has 1 aromatic heterocycles. The number of carbonyl (C=O) groups is 1. The average molecular weight is 389 g/mol. The zero-order chi connectivity index (χ0) is 18.5. The van der Waals surface area contributed by atoms with Crippen molar-refractivity contribution in [3.05, 3.63) is 86.9 Å². The van der Waals surface area contributed by atoms with E-state index in [1.165, 1.54) is 4.57 Å². The quantitative estimate of drug-likeness (QED) is 0.620. The van der Waals surface area contributed by atoms with E-state index in [9.17, 15) is 9.59 Å². The summed E-state index contributed by atoms with van der Waals surface area (Å²) in [6.45, 7) is -0.209. The van der Waals surface area contributed by atoms with E-state index in [2.05, 4.69) is 4.98 Å². The molecule has 0 unspecified atom stereocenters. The topological polar surface area (TPSA) is 61.2 Å². The maximum absolute atomic E-state index is 12.4. The first-order valence-corrected chi connectivity index (χ1v) is 8.52. The van der Waals surface area contributed by atoms with Gasteiger partial charge in [0.05, 0.1) is 5.69 Å². The SMILES string of the molecule is O=C(Cn1c(-c2ccccc2)c(Cl)nc(Cl)c1=O)OCc1ccccc1. The summed E-state index contributed by atoms with van der Waals surface area (Å²) in [6.07, 6.45) is 0. The van der Waals surface area contributed by atoms with Crippen LogP contribution in [0.5, 0.6) is 0 Å². The highest BCUT2D eigenvalue weighted by Crippen LogP contribution is 2.26. The molecule has 0 aliphatic heterocycles. The fraction of sp³-hybridized carbons (Fsp3) is 0.105. The Morgan fingerprint density at radius 2 is 1.58 bits per heavy atom. The van der Waals surface area contributed by atoms with E-state index >= 15 is 0 Å². The largest absolute Gasteiger partial charge is 0.459 e. The van der Waals surface area contributed by atoms with E-state index in [0.717, 1.165) is 5.56 Å². The van der Waals surface area contributed by atoms with Gasteiger partial charge in [0.2, 0.25) is 0 Å². The first-order valence-electron chi connectivity index (χ1n) is 7.77. The van der Waals surface area contributed by atoms with Gasteiger partial charge in [0.1, 0.15) is 13.2 Å². The molecule has 0 N–H and O–H groups in total. The lowest BCUT2D eigenvalue weighted by Crippen LogP contribution is -2.28. The van der Waals surface area contributed by atoms with Gasteiger partial charge in [-0.25, -0.2) is 4.98 Å². The fourth-order valence-electron chi connectivity index (χ4n) is 2.45. The predicted molar refractivity (Wildman–Crippen MR) is 100 cm³/mol. The molecule has 26 heavy (non-hydrogen) atoms. The first-order chi connectivity index (χ1) is 12.6. The van der Waals surface area contributed by atoms with Crippen molar-refractivity contribution in [3.8, 4) is 11.3 Å². The van der Waals surface area contributed by atoms with Crippen LogP contribution in [-0.2, 0) is 22.7 Å². The third-order valence-electron chi connectivity index (χ3n) is 3.66. The monoisotopic (exact) mass is 388 g/mol. The summed E-state index contributed by atoms with van der Waals surface area (Å²) < 4.78 is 6.43. The molecule has 1 heterocycles. The molecule has 0 saturated heterocycles. The second-order valence-corrected chi connectivity index (χ2v) is 6.16. The second kappa shape index (κ2) is 8.17.